The van der Waals surface area contributed by atoms with Gasteiger partial charge in [-0.25, -0.2) is 4.68 Å². The molecular weight excluding hydrogens is 412 g/mol. The second kappa shape index (κ2) is 9.27. The van der Waals surface area contributed by atoms with E-state index in [1.165, 1.54) is 29.5 Å². The normalized spacial score (nSPS) is 14.5. The first-order valence-corrected chi connectivity index (χ1v) is 11.7. The quantitative estimate of drug-likeness (QED) is 0.457. The Kier molecular flexibility index (Phi) is 6.05. The number of aromatic amines is 1. The molecule has 0 spiro atoms. The highest BCUT2D eigenvalue weighted by Crippen LogP contribution is 2.29. The summed E-state index contributed by atoms with van der Waals surface area (Å²) in [4.78, 5) is 18.3. The van der Waals surface area contributed by atoms with Gasteiger partial charge in [0.05, 0.1) is 12.6 Å². The lowest BCUT2D eigenvalue weighted by Gasteiger charge is -2.23. The highest BCUT2D eigenvalue weighted by molar-refractivity contribution is 5.80. The van der Waals surface area contributed by atoms with E-state index in [4.69, 9.17) is 0 Å². The summed E-state index contributed by atoms with van der Waals surface area (Å²) in [6.45, 7) is 5.98. The fourth-order valence-electron chi connectivity index (χ4n) is 4.84. The number of aryl methyl sites for hydroxylation is 2. The smallest absolute Gasteiger partial charge is 0.252 e. The van der Waals surface area contributed by atoms with Crippen molar-refractivity contribution in [3.05, 3.63) is 87.0 Å². The Labute approximate surface area is 193 Å². The van der Waals surface area contributed by atoms with Gasteiger partial charge >= 0.3 is 0 Å². The second-order valence-corrected chi connectivity index (χ2v) is 9.26. The molecule has 1 aliphatic carbocycles. The Morgan fingerprint density at radius 3 is 2.55 bits per heavy atom. The molecule has 2 heterocycles. The van der Waals surface area contributed by atoms with Crippen LogP contribution in [-0.2, 0) is 19.6 Å². The van der Waals surface area contributed by atoms with Crippen LogP contribution in [0.1, 0.15) is 59.8 Å². The second-order valence-electron chi connectivity index (χ2n) is 9.26. The molecule has 1 saturated carbocycles. The average Bonchev–Trinajstić information content (AvgIpc) is 3.48. The van der Waals surface area contributed by atoms with E-state index in [1.807, 2.05) is 35.0 Å². The van der Waals surface area contributed by atoms with Gasteiger partial charge < -0.3 is 4.98 Å². The Morgan fingerprint density at radius 1 is 1.00 bits per heavy atom. The van der Waals surface area contributed by atoms with Crippen LogP contribution in [-0.4, -0.2) is 30.1 Å². The van der Waals surface area contributed by atoms with E-state index in [0.717, 1.165) is 35.1 Å². The van der Waals surface area contributed by atoms with Crippen molar-refractivity contribution in [3.63, 3.8) is 0 Å². The summed E-state index contributed by atoms with van der Waals surface area (Å²) < 4.78 is 2.00. The van der Waals surface area contributed by atoms with Gasteiger partial charge in [-0.1, -0.05) is 43.2 Å². The van der Waals surface area contributed by atoms with E-state index < -0.39 is 0 Å². The maximum Gasteiger partial charge on any atom is 0.252 e. The van der Waals surface area contributed by atoms with Gasteiger partial charge in [-0.05, 0) is 77.4 Å². The fourth-order valence-corrected chi connectivity index (χ4v) is 4.84. The van der Waals surface area contributed by atoms with Gasteiger partial charge in [0.15, 0.2) is 5.82 Å². The molecule has 2 aromatic heterocycles. The van der Waals surface area contributed by atoms with Gasteiger partial charge in [-0.15, -0.1) is 5.10 Å². The Hall–Kier alpha value is -3.32. The van der Waals surface area contributed by atoms with Crippen LogP contribution in [0.5, 0.6) is 0 Å². The molecule has 0 radical (unpaired) electrons. The predicted molar refractivity (Wildman–Crippen MR) is 129 cm³/mol. The third-order valence-electron chi connectivity index (χ3n) is 6.77. The Balaban J connectivity index is 1.46. The van der Waals surface area contributed by atoms with Crippen LogP contribution >= 0.6 is 0 Å². The van der Waals surface area contributed by atoms with Crippen LogP contribution in [0.15, 0.2) is 53.3 Å². The Bertz CT molecular complexity index is 1300. The highest BCUT2D eigenvalue weighted by atomic mass is 16.1. The van der Waals surface area contributed by atoms with Crippen molar-refractivity contribution in [2.24, 2.45) is 0 Å². The molecule has 4 aromatic rings. The van der Waals surface area contributed by atoms with E-state index >= 15 is 0 Å². The largest absolute Gasteiger partial charge is 0.322 e. The lowest BCUT2D eigenvalue weighted by atomic mass is 10.0. The van der Waals surface area contributed by atoms with Crippen LogP contribution in [0.25, 0.3) is 10.9 Å². The minimum atomic E-state index is -0.0424. The number of rotatable bonds is 7. The molecule has 170 valence electrons. The summed E-state index contributed by atoms with van der Waals surface area (Å²) in [5, 5.41) is 13.7. The van der Waals surface area contributed by atoms with Crippen molar-refractivity contribution >= 4 is 10.9 Å². The van der Waals surface area contributed by atoms with Crippen molar-refractivity contribution in [1.29, 1.82) is 0 Å². The number of nitrogens with zero attached hydrogens (tertiary/aromatic N) is 5. The molecule has 1 fully saturated rings. The zero-order chi connectivity index (χ0) is 22.8. The zero-order valence-electron chi connectivity index (χ0n) is 19.3. The average molecular weight is 443 g/mol. The number of aromatic nitrogens is 5. The van der Waals surface area contributed by atoms with E-state index in [0.29, 0.717) is 25.7 Å². The molecule has 5 rings (SSSR count). The topological polar surface area (TPSA) is 79.7 Å². The Morgan fingerprint density at radius 2 is 1.76 bits per heavy atom. The SMILES string of the molecule is Cc1cc2cc(CN(Cc3ccccc3)Cc3nnnn3C3CCCC3)c(=O)[nH]c2cc1C. The third-order valence-corrected chi connectivity index (χ3v) is 6.77. The number of benzene rings is 2. The van der Waals surface area contributed by atoms with Crippen molar-refractivity contribution in [2.45, 2.75) is 65.2 Å². The molecular formula is C26H30N6O. The van der Waals surface area contributed by atoms with E-state index in [1.54, 1.807) is 0 Å². The molecule has 0 aliphatic heterocycles. The molecule has 33 heavy (non-hydrogen) atoms. The molecule has 1 N–H and O–H groups in total. The van der Waals surface area contributed by atoms with E-state index in [-0.39, 0.29) is 5.56 Å². The van der Waals surface area contributed by atoms with Crippen LogP contribution in [0.3, 0.4) is 0 Å². The van der Waals surface area contributed by atoms with Crippen LogP contribution in [0.2, 0.25) is 0 Å². The predicted octanol–water partition coefficient (Wildman–Crippen LogP) is 4.45. The van der Waals surface area contributed by atoms with E-state index in [2.05, 4.69) is 57.5 Å². The summed E-state index contributed by atoms with van der Waals surface area (Å²) in [5.74, 6) is 0.863. The van der Waals surface area contributed by atoms with Crippen LogP contribution in [0.4, 0.5) is 0 Å². The van der Waals surface area contributed by atoms with Crippen LogP contribution < -0.4 is 5.56 Å². The number of hydrogen-bond donors (Lipinski definition) is 1. The number of pyridine rings is 1. The summed E-state index contributed by atoms with van der Waals surface area (Å²) >= 11 is 0. The lowest BCUT2D eigenvalue weighted by molar-refractivity contribution is 0.231. The van der Waals surface area contributed by atoms with E-state index in [9.17, 15) is 4.79 Å². The number of hydrogen-bond acceptors (Lipinski definition) is 5. The molecule has 0 unspecified atom stereocenters. The molecule has 0 amide bonds. The van der Waals surface area contributed by atoms with Crippen molar-refractivity contribution in [3.8, 4) is 0 Å². The highest BCUT2D eigenvalue weighted by Gasteiger charge is 2.23. The summed E-state index contributed by atoms with van der Waals surface area (Å²) in [6, 6.07) is 16.9. The zero-order valence-corrected chi connectivity index (χ0v) is 19.3. The molecule has 0 atom stereocenters. The molecule has 7 heteroatoms. The first kappa shape index (κ1) is 21.5. The molecule has 2 aromatic carbocycles. The minimum absolute atomic E-state index is 0.0424. The number of tetrazole rings is 1. The summed E-state index contributed by atoms with van der Waals surface area (Å²) in [7, 11) is 0. The van der Waals surface area contributed by atoms with Gasteiger partial charge in [-0.2, -0.15) is 0 Å². The molecule has 7 nitrogen and oxygen atoms in total. The van der Waals surface area contributed by atoms with Crippen molar-refractivity contribution in [1.82, 2.24) is 30.1 Å². The van der Waals surface area contributed by atoms with Crippen molar-refractivity contribution < 1.29 is 0 Å². The fraction of sp³-hybridized carbons (Fsp3) is 0.385. The number of H-pyrrole nitrogens is 1. The monoisotopic (exact) mass is 442 g/mol. The first-order chi connectivity index (χ1) is 16.1. The lowest BCUT2D eigenvalue weighted by Crippen LogP contribution is -2.28. The summed E-state index contributed by atoms with van der Waals surface area (Å²) in [6.07, 6.45) is 4.70. The van der Waals surface area contributed by atoms with Gasteiger partial charge in [0, 0.05) is 24.2 Å². The maximum atomic E-state index is 13.0. The molecule has 0 saturated heterocycles. The molecule has 0 bridgehead atoms. The van der Waals surface area contributed by atoms with Crippen molar-refractivity contribution in [2.75, 3.05) is 0 Å². The standard InChI is InChI=1S/C26H30N6O/c1-18-12-21-14-22(26(33)27-24(21)13-19(18)2)16-31(15-20-8-4-3-5-9-20)17-25-28-29-30-32(25)23-10-6-7-11-23/h3-5,8-9,12-14,23H,6-7,10-11,15-17H2,1-2H3,(H,27,33). The maximum absolute atomic E-state index is 13.0. The minimum Gasteiger partial charge on any atom is -0.322 e. The van der Waals surface area contributed by atoms with Gasteiger partial charge in [0.25, 0.3) is 5.56 Å². The van der Waals surface area contributed by atoms with Gasteiger partial charge in [-0.3, -0.25) is 9.69 Å². The summed E-state index contributed by atoms with van der Waals surface area (Å²) in [5.41, 5.74) is 5.18. The molecule has 1 aliphatic rings. The number of fused-ring (bicyclic) bond motifs is 1. The van der Waals surface area contributed by atoms with Gasteiger partial charge in [0.2, 0.25) is 0 Å². The number of nitrogens with one attached hydrogen (secondary N) is 1. The van der Waals surface area contributed by atoms with Gasteiger partial charge in [0.1, 0.15) is 0 Å². The third kappa shape index (κ3) is 4.73. The first-order valence-electron chi connectivity index (χ1n) is 11.7. The van der Waals surface area contributed by atoms with Crippen LogP contribution in [0, 0.1) is 13.8 Å².